The van der Waals surface area contributed by atoms with Crippen molar-refractivity contribution in [1.82, 2.24) is 4.90 Å². The van der Waals surface area contributed by atoms with Gasteiger partial charge in [0.1, 0.15) is 5.78 Å². The molecule has 1 fully saturated rings. The van der Waals surface area contributed by atoms with Crippen molar-refractivity contribution >= 4 is 52.1 Å². The van der Waals surface area contributed by atoms with Gasteiger partial charge in [-0.05, 0) is 177 Å². The highest BCUT2D eigenvalue weighted by molar-refractivity contribution is 7.80. The minimum absolute atomic E-state index is 0.00174. The van der Waals surface area contributed by atoms with Crippen molar-refractivity contribution in [2.45, 2.75) is 311 Å². The summed E-state index contributed by atoms with van der Waals surface area (Å²) in [6.45, 7) is 93.4. The Labute approximate surface area is 555 Å². The number of ketones is 3. The third-order valence-electron chi connectivity index (χ3n) is 9.88. The number of Topliss-reactive ketones (excluding diaryl/α,β-unsaturated/α-hetero) is 2. The van der Waals surface area contributed by atoms with Gasteiger partial charge in [0.2, 0.25) is 0 Å². The number of amides is 2. The zero-order valence-electron chi connectivity index (χ0n) is 64.6. The fourth-order valence-electron chi connectivity index (χ4n) is 5.46. The van der Waals surface area contributed by atoms with Crippen LogP contribution in [0.1, 0.15) is 300 Å². The lowest BCUT2D eigenvalue weighted by Crippen LogP contribution is -2.45. The van der Waals surface area contributed by atoms with Crippen LogP contribution in [0.2, 0.25) is 0 Å². The number of terminal acetylenes is 2. The number of carbonyl (C=O) groups is 5. The molecule has 1 saturated carbocycles. The number of hydrogen-bond acceptors (Lipinski definition) is 7. The highest BCUT2D eigenvalue weighted by atomic mass is 32.1. The minimum atomic E-state index is -0.405. The molecule has 2 amide bonds. The first-order chi connectivity index (χ1) is 38.5. The molecule has 0 saturated heterocycles. The highest BCUT2D eigenvalue weighted by Gasteiger charge is 2.33. The van der Waals surface area contributed by atoms with E-state index in [-0.39, 0.29) is 56.0 Å². The zero-order chi connectivity index (χ0) is 73.1. The predicted molar refractivity (Wildman–Crippen MR) is 400 cm³/mol. The number of aliphatic imine (C=N–C) groups is 1. The molecule has 510 valence electrons. The third kappa shape index (κ3) is 109. The Kier molecular flexibility index (Phi) is 54.8. The van der Waals surface area contributed by atoms with Crippen molar-refractivity contribution in [3.63, 3.8) is 0 Å². The van der Waals surface area contributed by atoms with E-state index in [1.807, 2.05) is 144 Å². The lowest BCUT2D eigenvalue weighted by atomic mass is 9.88. The Balaban J connectivity index is -0.000000112. The van der Waals surface area contributed by atoms with Gasteiger partial charge >= 0.3 is 0 Å². The van der Waals surface area contributed by atoms with Crippen molar-refractivity contribution < 1.29 is 24.0 Å². The van der Waals surface area contributed by atoms with E-state index < -0.39 is 5.54 Å². The monoisotopic (exact) mass is 1250 g/mol. The summed E-state index contributed by atoms with van der Waals surface area (Å²) in [4.78, 5) is 60.8. The van der Waals surface area contributed by atoms with E-state index in [0.29, 0.717) is 58.7 Å². The topological polar surface area (TPSA) is 101 Å². The Hall–Kier alpha value is -4.75. The molecule has 0 aromatic carbocycles. The van der Waals surface area contributed by atoms with Crippen LogP contribution in [0, 0.1) is 79.3 Å². The van der Waals surface area contributed by atoms with Gasteiger partial charge in [0.25, 0.3) is 11.8 Å². The molecule has 2 aliphatic rings. The van der Waals surface area contributed by atoms with E-state index in [4.69, 9.17) is 25.1 Å². The van der Waals surface area contributed by atoms with E-state index in [9.17, 15) is 24.0 Å². The fraction of sp³-hybridized carbons (Fsp3) is 0.700. The van der Waals surface area contributed by atoms with Gasteiger partial charge in [-0.2, -0.15) is 0 Å². The second kappa shape index (κ2) is 47.2. The normalized spacial score (nSPS) is 12.8. The molecule has 0 aromatic rings. The smallest absolute Gasteiger partial charge is 0.254 e. The largest absolute Gasteiger partial charge is 0.300 e. The predicted octanol–water partition coefficient (Wildman–Crippen LogP) is 23.5. The first-order valence-electron chi connectivity index (χ1n) is 31.5. The average Bonchev–Trinajstić information content (AvgIpc) is 4.01. The molecule has 88 heavy (non-hydrogen) atoms. The van der Waals surface area contributed by atoms with Crippen molar-refractivity contribution in [2.24, 2.45) is 59.6 Å². The molecular formula is C80H144N2O5S. The van der Waals surface area contributed by atoms with Gasteiger partial charge in [-0.3, -0.25) is 28.9 Å². The quantitative estimate of drug-likeness (QED) is 0.0539. The zero-order valence-corrected chi connectivity index (χ0v) is 65.5. The van der Waals surface area contributed by atoms with Gasteiger partial charge in [-0.25, -0.2) is 4.99 Å². The van der Waals surface area contributed by atoms with Crippen LogP contribution in [0.4, 0.5) is 0 Å². The van der Waals surface area contributed by atoms with E-state index in [0.717, 1.165) is 23.6 Å². The van der Waals surface area contributed by atoms with Crippen LogP contribution in [-0.4, -0.2) is 55.9 Å². The first kappa shape index (κ1) is 102. The molecule has 8 heteroatoms. The molecule has 2 rings (SSSR count). The van der Waals surface area contributed by atoms with Gasteiger partial charge < -0.3 is 0 Å². The summed E-state index contributed by atoms with van der Waals surface area (Å²) >= 11 is 4.99. The van der Waals surface area contributed by atoms with Gasteiger partial charge in [0, 0.05) is 59.1 Å². The molecule has 0 radical (unpaired) electrons. The molecule has 0 unspecified atom stereocenters. The Morgan fingerprint density at radius 2 is 0.909 bits per heavy atom. The molecule has 1 aliphatic heterocycles. The standard InChI is InChI=1S/C9H16O.C8H11NO2.C8H16O.C8H14O.C8H14S.C8H16.C7H14.C6H11N.C6H12.2C6H10/c1-7(2)8(10)6-9(3,4)5;1-8(2,3)9-6(10)4-5-7(9)11;3*1-5-7(9)6-8(2,3)4;1-8(2,3)6-7-4-5-7;1-5-6-7(2,3)4;1-5-7-6(2,3)4;3*1-5-6(2,3)4/h1,6H2,2-5H3;4-5H,1-3H3;5-6H2,1-4H3;2*5H,1,6H2,2-4H3;7H,4-6H2,1-3H3;5H,1,6H2,2-4H3;1H2,2-4H3;5H,1H2,2-4H3;2*1H,2-4H3. The number of allylic oxidation sites excluding steroid dienone is 5. The van der Waals surface area contributed by atoms with E-state index >= 15 is 0 Å². The van der Waals surface area contributed by atoms with Crippen LogP contribution in [0.3, 0.4) is 0 Å². The van der Waals surface area contributed by atoms with E-state index in [2.05, 4.69) is 166 Å². The van der Waals surface area contributed by atoms with Crippen LogP contribution in [0.25, 0.3) is 0 Å². The van der Waals surface area contributed by atoms with E-state index in [1.165, 1.54) is 42.4 Å². The van der Waals surface area contributed by atoms with Crippen LogP contribution in [-0.2, 0) is 24.0 Å². The summed E-state index contributed by atoms with van der Waals surface area (Å²) < 4.78 is 0. The third-order valence-corrected chi connectivity index (χ3v) is 10.2. The van der Waals surface area contributed by atoms with Crippen LogP contribution >= 0.6 is 12.2 Å². The van der Waals surface area contributed by atoms with Crippen molar-refractivity contribution in [3.8, 4) is 24.7 Å². The van der Waals surface area contributed by atoms with Crippen LogP contribution in [0.15, 0.2) is 86.5 Å². The van der Waals surface area contributed by atoms with Crippen molar-refractivity contribution in [2.75, 3.05) is 0 Å². The summed E-state index contributed by atoms with van der Waals surface area (Å²) in [5.74, 6) is 9.01. The number of nitrogens with zero attached hydrogens (tertiary/aromatic N) is 2. The fourth-order valence-corrected chi connectivity index (χ4v) is 5.89. The van der Waals surface area contributed by atoms with Gasteiger partial charge in [0.05, 0.1) is 5.54 Å². The molecule has 1 heterocycles. The maximum Gasteiger partial charge on any atom is 0.254 e. The lowest BCUT2D eigenvalue weighted by molar-refractivity contribution is -0.142. The van der Waals surface area contributed by atoms with Gasteiger partial charge in [0.15, 0.2) is 11.6 Å². The van der Waals surface area contributed by atoms with E-state index in [1.54, 1.807) is 13.0 Å². The molecule has 0 bridgehead atoms. The molecule has 0 aromatic heterocycles. The second-order valence-electron chi connectivity index (χ2n) is 35.0. The summed E-state index contributed by atoms with van der Waals surface area (Å²) in [5, 5.41) is 0. The first-order valence-corrected chi connectivity index (χ1v) is 31.9. The summed E-state index contributed by atoms with van der Waals surface area (Å²) in [7, 11) is 0. The number of thiocarbonyl (C=S) groups is 1. The van der Waals surface area contributed by atoms with Crippen LogP contribution in [0.5, 0.6) is 0 Å². The Bertz CT molecular complexity index is 2140. The number of imide groups is 1. The Morgan fingerprint density at radius 1 is 0.580 bits per heavy atom. The molecule has 0 atom stereocenters. The second-order valence-corrected chi connectivity index (χ2v) is 35.5. The number of carbonyl (C=O) groups excluding carboxylic acids is 5. The SMILES string of the molecule is C#CC(C)(C)C.C#CC(C)(C)C.C=C(C)C(=O)CC(C)(C)C.C=C=NC(C)(C)C.C=CC(=O)CC(C)(C)C.C=CC(=S)CC(C)(C)C.C=CC(C)(C)C.C=CCC(C)(C)C.CC(C)(C)CC1CC1.CC(C)(C)N1C(=O)C=CC1=O.CCC(=O)CC(C)(C)C. The van der Waals surface area contributed by atoms with Crippen molar-refractivity contribution in [3.05, 3.63) is 81.5 Å². The molecule has 1 aliphatic carbocycles. The summed E-state index contributed by atoms with van der Waals surface area (Å²) in [6.07, 6.45) is 28.8. The Morgan fingerprint density at radius 3 is 0.989 bits per heavy atom. The lowest BCUT2D eigenvalue weighted by Gasteiger charge is -2.29. The summed E-state index contributed by atoms with van der Waals surface area (Å²) in [6, 6.07) is 0. The molecule has 7 nitrogen and oxygen atoms in total. The van der Waals surface area contributed by atoms with Crippen molar-refractivity contribution in [1.29, 1.82) is 0 Å². The molecular weight excluding hydrogens is 1100 g/mol. The van der Waals surface area contributed by atoms with Gasteiger partial charge in [-0.15, -0.1) is 37.8 Å². The maximum absolute atomic E-state index is 11.1. The van der Waals surface area contributed by atoms with Gasteiger partial charge in [-0.1, -0.05) is 215 Å². The molecule has 0 spiro atoms. The maximum atomic E-state index is 11.1. The number of hydrogen-bond donors (Lipinski definition) is 0. The average molecular weight is 1250 g/mol. The molecule has 0 N–H and O–H groups in total. The number of rotatable bonds is 10. The highest BCUT2D eigenvalue weighted by Crippen LogP contribution is 2.39. The van der Waals surface area contributed by atoms with Crippen LogP contribution < -0.4 is 0 Å². The summed E-state index contributed by atoms with van der Waals surface area (Å²) in [5.41, 5.74) is 2.40. The minimum Gasteiger partial charge on any atom is -0.300 e.